The molecule has 0 radical (unpaired) electrons. The first kappa shape index (κ1) is 22.6. The predicted octanol–water partition coefficient (Wildman–Crippen LogP) is 3.53. The van der Waals surface area contributed by atoms with Crippen molar-refractivity contribution in [3.05, 3.63) is 101 Å². The first-order valence-electron chi connectivity index (χ1n) is 9.70. The molecule has 0 unspecified atom stereocenters. The van der Waals surface area contributed by atoms with E-state index >= 15 is 0 Å². The standard InChI is InChI=1S/C24H21N3O4S/c1-31-23(30)18-11-7-10-17(14-18)21(28)27-24(32)26-20-13-6-5-12-19(20)22(29)25-15-16-8-3-2-4-9-16/h2-14H,15H2,1H3,(H,25,29)(H2,26,27,28,32). The summed E-state index contributed by atoms with van der Waals surface area (Å²) in [5.41, 5.74) is 2.30. The number of anilines is 1. The summed E-state index contributed by atoms with van der Waals surface area (Å²) in [6.07, 6.45) is 0. The van der Waals surface area contributed by atoms with Crippen molar-refractivity contribution < 1.29 is 19.1 Å². The molecule has 7 nitrogen and oxygen atoms in total. The number of thiocarbonyl (C=S) groups is 1. The molecule has 8 heteroatoms. The van der Waals surface area contributed by atoms with Gasteiger partial charge in [-0.15, -0.1) is 0 Å². The van der Waals surface area contributed by atoms with E-state index in [0.717, 1.165) is 5.56 Å². The summed E-state index contributed by atoms with van der Waals surface area (Å²) in [5, 5.41) is 8.32. The van der Waals surface area contributed by atoms with Crippen LogP contribution in [0.2, 0.25) is 0 Å². The van der Waals surface area contributed by atoms with Crippen LogP contribution in [0.15, 0.2) is 78.9 Å². The van der Waals surface area contributed by atoms with E-state index in [1.807, 2.05) is 30.3 Å². The Balaban J connectivity index is 1.65. The molecule has 2 amide bonds. The van der Waals surface area contributed by atoms with Gasteiger partial charge in [0.2, 0.25) is 0 Å². The minimum absolute atomic E-state index is 0.0155. The van der Waals surface area contributed by atoms with Crippen molar-refractivity contribution in [2.24, 2.45) is 0 Å². The van der Waals surface area contributed by atoms with Crippen molar-refractivity contribution in [1.29, 1.82) is 0 Å². The molecule has 0 atom stereocenters. The molecule has 3 rings (SSSR count). The Morgan fingerprint density at radius 3 is 2.28 bits per heavy atom. The van der Waals surface area contributed by atoms with Crippen LogP contribution >= 0.6 is 12.2 Å². The Morgan fingerprint density at radius 2 is 1.53 bits per heavy atom. The molecular formula is C24H21N3O4S. The molecule has 32 heavy (non-hydrogen) atoms. The van der Waals surface area contributed by atoms with Gasteiger partial charge in [-0.05, 0) is 48.1 Å². The number of carbonyl (C=O) groups is 3. The minimum Gasteiger partial charge on any atom is -0.465 e. The summed E-state index contributed by atoms with van der Waals surface area (Å²) in [5.74, 6) is -1.33. The van der Waals surface area contributed by atoms with Crippen molar-refractivity contribution in [1.82, 2.24) is 10.6 Å². The molecule has 0 aliphatic rings. The van der Waals surface area contributed by atoms with Crippen molar-refractivity contribution in [2.45, 2.75) is 6.54 Å². The van der Waals surface area contributed by atoms with Gasteiger partial charge in [0.25, 0.3) is 11.8 Å². The number of nitrogens with one attached hydrogen (secondary N) is 3. The molecule has 162 valence electrons. The number of benzene rings is 3. The van der Waals surface area contributed by atoms with Gasteiger partial charge in [-0.25, -0.2) is 4.79 Å². The monoisotopic (exact) mass is 447 g/mol. The zero-order valence-corrected chi connectivity index (χ0v) is 18.1. The lowest BCUT2D eigenvalue weighted by Gasteiger charge is -2.14. The highest BCUT2D eigenvalue weighted by atomic mass is 32.1. The smallest absolute Gasteiger partial charge is 0.337 e. The average Bonchev–Trinajstić information content (AvgIpc) is 2.83. The van der Waals surface area contributed by atoms with E-state index in [-0.39, 0.29) is 22.1 Å². The summed E-state index contributed by atoms with van der Waals surface area (Å²) < 4.78 is 4.67. The highest BCUT2D eigenvalue weighted by molar-refractivity contribution is 7.80. The third-order valence-electron chi connectivity index (χ3n) is 4.49. The second-order valence-electron chi connectivity index (χ2n) is 6.69. The Hall–Kier alpha value is -4.04. The van der Waals surface area contributed by atoms with Gasteiger partial charge in [0.1, 0.15) is 0 Å². The van der Waals surface area contributed by atoms with Gasteiger partial charge >= 0.3 is 5.97 Å². The summed E-state index contributed by atoms with van der Waals surface area (Å²) in [7, 11) is 1.27. The maximum Gasteiger partial charge on any atom is 0.337 e. The summed E-state index contributed by atoms with van der Waals surface area (Å²) in [4.78, 5) is 36.9. The predicted molar refractivity (Wildman–Crippen MR) is 126 cm³/mol. The number of rotatable bonds is 6. The van der Waals surface area contributed by atoms with E-state index in [4.69, 9.17) is 12.2 Å². The molecule has 0 spiro atoms. The van der Waals surface area contributed by atoms with Crippen LogP contribution < -0.4 is 16.0 Å². The Morgan fingerprint density at radius 1 is 0.844 bits per heavy atom. The Kier molecular flexibility index (Phi) is 7.66. The second kappa shape index (κ2) is 10.8. The van der Waals surface area contributed by atoms with Crippen LogP contribution in [0.25, 0.3) is 0 Å². The van der Waals surface area contributed by atoms with Crippen LogP contribution in [-0.2, 0) is 11.3 Å². The van der Waals surface area contributed by atoms with Gasteiger partial charge < -0.3 is 15.4 Å². The van der Waals surface area contributed by atoms with Crippen molar-refractivity contribution in [2.75, 3.05) is 12.4 Å². The van der Waals surface area contributed by atoms with Gasteiger partial charge in [-0.3, -0.25) is 14.9 Å². The molecule has 0 saturated carbocycles. The molecule has 0 heterocycles. The molecule has 0 bridgehead atoms. The topological polar surface area (TPSA) is 96.5 Å². The van der Waals surface area contributed by atoms with E-state index in [1.54, 1.807) is 42.5 Å². The molecule has 0 aliphatic carbocycles. The molecule has 0 saturated heterocycles. The zero-order valence-electron chi connectivity index (χ0n) is 17.3. The van der Waals surface area contributed by atoms with Crippen LogP contribution in [0.1, 0.15) is 36.6 Å². The Labute approximate surface area is 190 Å². The van der Waals surface area contributed by atoms with Gasteiger partial charge in [0.05, 0.1) is 23.9 Å². The molecule has 0 aromatic heterocycles. The third kappa shape index (κ3) is 5.99. The number of amides is 2. The minimum atomic E-state index is -0.546. The van der Waals surface area contributed by atoms with E-state index in [1.165, 1.54) is 13.2 Å². The Bertz CT molecular complexity index is 1150. The lowest BCUT2D eigenvalue weighted by molar-refractivity contribution is 0.0600. The molecule has 0 fully saturated rings. The highest BCUT2D eigenvalue weighted by Gasteiger charge is 2.15. The summed E-state index contributed by atoms with van der Waals surface area (Å²) in [6, 6.07) is 22.5. The first-order chi connectivity index (χ1) is 15.5. The van der Waals surface area contributed by atoms with Gasteiger partial charge in [-0.2, -0.15) is 0 Å². The van der Waals surface area contributed by atoms with Crippen molar-refractivity contribution in [3.63, 3.8) is 0 Å². The summed E-state index contributed by atoms with van der Waals surface area (Å²) >= 11 is 5.24. The van der Waals surface area contributed by atoms with Crippen LogP contribution in [0.5, 0.6) is 0 Å². The van der Waals surface area contributed by atoms with Crippen LogP contribution in [0.3, 0.4) is 0 Å². The fourth-order valence-electron chi connectivity index (χ4n) is 2.90. The molecule has 0 aliphatic heterocycles. The normalized spacial score (nSPS) is 10.0. The van der Waals surface area contributed by atoms with Crippen LogP contribution in [0, 0.1) is 0 Å². The zero-order chi connectivity index (χ0) is 22.9. The van der Waals surface area contributed by atoms with E-state index in [9.17, 15) is 14.4 Å². The largest absolute Gasteiger partial charge is 0.465 e. The van der Waals surface area contributed by atoms with Gasteiger partial charge in [0, 0.05) is 12.1 Å². The number of hydrogen-bond donors (Lipinski definition) is 3. The molecule has 3 aromatic carbocycles. The lowest BCUT2D eigenvalue weighted by atomic mass is 10.1. The van der Waals surface area contributed by atoms with Crippen LogP contribution in [0.4, 0.5) is 5.69 Å². The van der Waals surface area contributed by atoms with E-state index in [2.05, 4.69) is 20.7 Å². The van der Waals surface area contributed by atoms with Gasteiger partial charge in [-0.1, -0.05) is 48.5 Å². The van der Waals surface area contributed by atoms with E-state index in [0.29, 0.717) is 17.8 Å². The van der Waals surface area contributed by atoms with Crippen LogP contribution in [-0.4, -0.2) is 30.0 Å². The fourth-order valence-corrected chi connectivity index (χ4v) is 3.10. The van der Waals surface area contributed by atoms with Crippen molar-refractivity contribution >= 4 is 40.8 Å². The number of methoxy groups -OCH3 is 1. The first-order valence-corrected chi connectivity index (χ1v) is 10.1. The number of para-hydroxylation sites is 1. The molecule has 3 aromatic rings. The van der Waals surface area contributed by atoms with Crippen molar-refractivity contribution in [3.8, 4) is 0 Å². The number of ether oxygens (including phenoxy) is 1. The second-order valence-corrected chi connectivity index (χ2v) is 7.10. The number of carbonyl (C=O) groups excluding carboxylic acids is 3. The van der Waals surface area contributed by atoms with Gasteiger partial charge in [0.15, 0.2) is 5.11 Å². The average molecular weight is 448 g/mol. The summed E-state index contributed by atoms with van der Waals surface area (Å²) in [6.45, 7) is 0.381. The fraction of sp³-hybridized carbons (Fsp3) is 0.0833. The number of esters is 1. The maximum absolute atomic E-state index is 12.7. The van der Waals surface area contributed by atoms with E-state index < -0.39 is 11.9 Å². The SMILES string of the molecule is COC(=O)c1cccc(C(=O)NC(=S)Nc2ccccc2C(=O)NCc2ccccc2)c1. The molecular weight excluding hydrogens is 426 g/mol. The number of hydrogen-bond acceptors (Lipinski definition) is 5. The highest BCUT2D eigenvalue weighted by Crippen LogP contribution is 2.15. The molecule has 3 N–H and O–H groups in total. The maximum atomic E-state index is 12.7. The third-order valence-corrected chi connectivity index (χ3v) is 4.69. The lowest BCUT2D eigenvalue weighted by Crippen LogP contribution is -2.35. The quantitative estimate of drug-likeness (QED) is 0.395.